The first-order valence-corrected chi connectivity index (χ1v) is 7.55. The molecule has 0 aromatic heterocycles. The summed E-state index contributed by atoms with van der Waals surface area (Å²) < 4.78 is 51.2. The third-order valence-corrected chi connectivity index (χ3v) is 3.70. The first kappa shape index (κ1) is 16.2. The van der Waals surface area contributed by atoms with Crippen LogP contribution in [0.5, 0.6) is 5.75 Å². The lowest BCUT2D eigenvalue weighted by Gasteiger charge is -2.26. The van der Waals surface area contributed by atoms with Gasteiger partial charge in [0.25, 0.3) is 0 Å². The van der Waals surface area contributed by atoms with Gasteiger partial charge in [-0.3, -0.25) is 0 Å². The van der Waals surface area contributed by atoms with Crippen molar-refractivity contribution in [3.05, 3.63) is 35.9 Å². The number of benzene rings is 1. The van der Waals surface area contributed by atoms with Crippen LogP contribution in [0, 0.1) is 0 Å². The Labute approximate surface area is 125 Å². The van der Waals surface area contributed by atoms with Crippen molar-refractivity contribution in [3.63, 3.8) is 0 Å². The van der Waals surface area contributed by atoms with Crippen LogP contribution >= 0.6 is 11.8 Å². The lowest BCUT2D eigenvalue weighted by atomic mass is 10.2. The number of halogens is 3. The van der Waals surface area contributed by atoms with E-state index in [4.69, 9.17) is 9.47 Å². The lowest BCUT2D eigenvalue weighted by Crippen LogP contribution is -2.32. The molecule has 1 heterocycles. The molecule has 2 rings (SSSR count). The Kier molecular flexibility index (Phi) is 5.55. The summed E-state index contributed by atoms with van der Waals surface area (Å²) in [5.74, 6) is -0.252. The van der Waals surface area contributed by atoms with Crippen LogP contribution in [0.2, 0.25) is 0 Å². The maximum atomic E-state index is 12.1. The molecule has 21 heavy (non-hydrogen) atoms. The molecule has 0 spiro atoms. The van der Waals surface area contributed by atoms with Gasteiger partial charge >= 0.3 is 6.36 Å². The Balaban J connectivity index is 1.93. The van der Waals surface area contributed by atoms with Crippen molar-refractivity contribution < 1.29 is 27.4 Å². The van der Waals surface area contributed by atoms with Crippen molar-refractivity contribution in [3.8, 4) is 5.75 Å². The average molecular weight is 320 g/mol. The summed E-state index contributed by atoms with van der Waals surface area (Å²) in [7, 11) is 0. The van der Waals surface area contributed by atoms with Crippen molar-refractivity contribution >= 4 is 17.8 Å². The fourth-order valence-electron chi connectivity index (χ4n) is 1.75. The van der Waals surface area contributed by atoms with E-state index in [0.29, 0.717) is 24.0 Å². The van der Waals surface area contributed by atoms with E-state index < -0.39 is 12.7 Å². The van der Waals surface area contributed by atoms with Crippen LogP contribution < -0.4 is 4.74 Å². The average Bonchev–Trinajstić information content (AvgIpc) is 2.44. The van der Waals surface area contributed by atoms with Crippen molar-refractivity contribution in [2.24, 2.45) is 0 Å². The first-order valence-electron chi connectivity index (χ1n) is 6.26. The van der Waals surface area contributed by atoms with Gasteiger partial charge in [0.05, 0.1) is 18.5 Å². The van der Waals surface area contributed by atoms with Gasteiger partial charge < -0.3 is 14.2 Å². The molecule has 1 aromatic carbocycles. The Bertz CT molecular complexity index is 483. The maximum Gasteiger partial charge on any atom is 0.573 e. The summed E-state index contributed by atoms with van der Waals surface area (Å²) in [5.41, 5.74) is 0.580. The van der Waals surface area contributed by atoms with E-state index in [1.54, 1.807) is 30.0 Å². The SMILES string of the molecule is CSC1COC(/C=C/c2cccc(OC(F)(F)F)c2)OC1. The van der Waals surface area contributed by atoms with E-state index in [-0.39, 0.29) is 5.75 Å². The smallest absolute Gasteiger partial charge is 0.406 e. The van der Waals surface area contributed by atoms with Crippen molar-refractivity contribution in [1.29, 1.82) is 0 Å². The highest BCUT2D eigenvalue weighted by molar-refractivity contribution is 7.99. The molecule has 116 valence electrons. The highest BCUT2D eigenvalue weighted by atomic mass is 32.2. The van der Waals surface area contributed by atoms with E-state index in [9.17, 15) is 13.2 Å². The summed E-state index contributed by atoms with van der Waals surface area (Å²) >= 11 is 1.67. The number of rotatable bonds is 4. The molecule has 0 radical (unpaired) electrons. The van der Waals surface area contributed by atoms with Gasteiger partial charge in [-0.1, -0.05) is 18.2 Å². The summed E-state index contributed by atoms with van der Waals surface area (Å²) in [6.07, 6.45) is 0.140. The molecule has 0 bridgehead atoms. The van der Waals surface area contributed by atoms with Crippen LogP contribution in [0.15, 0.2) is 30.3 Å². The molecule has 0 unspecified atom stereocenters. The normalized spacial score (nSPS) is 23.4. The molecule has 1 aliphatic heterocycles. The minimum atomic E-state index is -4.69. The molecular formula is C14H15F3O3S. The zero-order valence-electron chi connectivity index (χ0n) is 11.3. The Morgan fingerprint density at radius 1 is 1.29 bits per heavy atom. The number of hydrogen-bond acceptors (Lipinski definition) is 4. The standard InChI is InChI=1S/C14H15F3O3S/c1-21-12-8-18-13(19-9-12)6-5-10-3-2-4-11(7-10)20-14(15,16)17/h2-7,12-13H,8-9H2,1H3/b6-5+. The van der Waals surface area contributed by atoms with Crippen LogP contribution in [-0.4, -0.2) is 37.4 Å². The summed E-state index contributed by atoms with van der Waals surface area (Å²) in [4.78, 5) is 0. The van der Waals surface area contributed by atoms with E-state index in [1.165, 1.54) is 18.2 Å². The van der Waals surface area contributed by atoms with Gasteiger partial charge in [-0.25, -0.2) is 0 Å². The minimum Gasteiger partial charge on any atom is -0.406 e. The highest BCUT2D eigenvalue weighted by Crippen LogP contribution is 2.24. The predicted molar refractivity (Wildman–Crippen MR) is 75.2 cm³/mol. The van der Waals surface area contributed by atoms with Crippen LogP contribution in [0.3, 0.4) is 0 Å². The quantitative estimate of drug-likeness (QED) is 0.845. The maximum absolute atomic E-state index is 12.1. The van der Waals surface area contributed by atoms with Gasteiger partial charge in [-0.15, -0.1) is 13.2 Å². The molecule has 3 nitrogen and oxygen atoms in total. The monoisotopic (exact) mass is 320 g/mol. The zero-order valence-corrected chi connectivity index (χ0v) is 12.1. The Morgan fingerprint density at radius 3 is 2.62 bits per heavy atom. The fraction of sp³-hybridized carbons (Fsp3) is 0.429. The first-order chi connectivity index (χ1) is 9.96. The van der Waals surface area contributed by atoms with Crippen molar-refractivity contribution in [1.82, 2.24) is 0 Å². The van der Waals surface area contributed by atoms with E-state index in [1.807, 2.05) is 6.26 Å². The number of alkyl halides is 3. The van der Waals surface area contributed by atoms with Crippen LogP contribution in [0.4, 0.5) is 13.2 Å². The number of ether oxygens (including phenoxy) is 3. The number of hydrogen-bond donors (Lipinski definition) is 0. The van der Waals surface area contributed by atoms with Gasteiger partial charge in [-0.05, 0) is 30.0 Å². The third-order valence-electron chi connectivity index (χ3n) is 2.76. The van der Waals surface area contributed by atoms with Crippen molar-refractivity contribution in [2.75, 3.05) is 19.5 Å². The van der Waals surface area contributed by atoms with Crippen LogP contribution in [0.25, 0.3) is 6.08 Å². The second-order valence-electron chi connectivity index (χ2n) is 4.37. The van der Waals surface area contributed by atoms with E-state index in [0.717, 1.165) is 0 Å². The lowest BCUT2D eigenvalue weighted by molar-refractivity contribution is -0.274. The van der Waals surface area contributed by atoms with Gasteiger partial charge in [0.1, 0.15) is 5.75 Å². The van der Waals surface area contributed by atoms with Crippen LogP contribution in [-0.2, 0) is 9.47 Å². The van der Waals surface area contributed by atoms with Crippen LogP contribution in [0.1, 0.15) is 5.56 Å². The van der Waals surface area contributed by atoms with Gasteiger partial charge in [0.15, 0.2) is 6.29 Å². The van der Waals surface area contributed by atoms with Crippen molar-refractivity contribution in [2.45, 2.75) is 17.9 Å². The minimum absolute atomic E-state index is 0.252. The largest absolute Gasteiger partial charge is 0.573 e. The molecule has 1 fully saturated rings. The molecule has 0 amide bonds. The second kappa shape index (κ2) is 7.20. The molecule has 0 aliphatic carbocycles. The summed E-state index contributed by atoms with van der Waals surface area (Å²) in [6.45, 7) is 1.18. The van der Waals surface area contributed by atoms with Gasteiger partial charge in [0.2, 0.25) is 0 Å². The molecule has 0 atom stereocenters. The summed E-state index contributed by atoms with van der Waals surface area (Å²) in [5, 5.41) is 0.318. The zero-order chi connectivity index (χ0) is 15.3. The summed E-state index contributed by atoms with van der Waals surface area (Å²) in [6, 6.07) is 5.72. The predicted octanol–water partition coefficient (Wildman–Crippen LogP) is 3.70. The van der Waals surface area contributed by atoms with E-state index in [2.05, 4.69) is 4.74 Å². The van der Waals surface area contributed by atoms with E-state index >= 15 is 0 Å². The highest BCUT2D eigenvalue weighted by Gasteiger charge is 2.31. The Hall–Kier alpha value is -1.18. The Morgan fingerprint density at radius 2 is 2.00 bits per heavy atom. The fourth-order valence-corrected chi connectivity index (χ4v) is 2.18. The topological polar surface area (TPSA) is 27.7 Å². The second-order valence-corrected chi connectivity index (χ2v) is 5.51. The third kappa shape index (κ3) is 5.61. The molecule has 1 saturated heterocycles. The molecule has 1 aromatic rings. The molecule has 0 saturated carbocycles. The number of thioether (sulfide) groups is 1. The van der Waals surface area contributed by atoms with Gasteiger partial charge in [-0.2, -0.15) is 11.8 Å². The molecule has 1 aliphatic rings. The molecular weight excluding hydrogens is 305 g/mol. The molecule has 0 N–H and O–H groups in total. The van der Waals surface area contributed by atoms with Gasteiger partial charge in [0, 0.05) is 0 Å². The molecule has 7 heteroatoms.